The minimum absolute atomic E-state index is 0.0172. The van der Waals surface area contributed by atoms with Gasteiger partial charge in [-0.3, -0.25) is 9.59 Å². The van der Waals surface area contributed by atoms with Crippen molar-refractivity contribution in [3.05, 3.63) is 65.2 Å². The molecule has 0 radical (unpaired) electrons. The number of hydrogen-bond donors (Lipinski definition) is 2. The van der Waals surface area contributed by atoms with Gasteiger partial charge in [0.05, 0.1) is 4.90 Å². The largest absolute Gasteiger partial charge is 0.480 e. The van der Waals surface area contributed by atoms with Gasteiger partial charge in [0.1, 0.15) is 6.54 Å². The third kappa shape index (κ3) is 4.82. The lowest BCUT2D eigenvalue weighted by Gasteiger charge is -2.31. The van der Waals surface area contributed by atoms with Crippen molar-refractivity contribution in [3.8, 4) is 0 Å². The molecule has 2 aromatic rings. The minimum atomic E-state index is -3.78. The van der Waals surface area contributed by atoms with Crippen LogP contribution in [0.1, 0.15) is 34.7 Å². The Balaban J connectivity index is 1.65. The zero-order chi connectivity index (χ0) is 21.9. The Morgan fingerprint density at radius 3 is 2.23 bits per heavy atom. The molecule has 0 unspecified atom stereocenters. The Morgan fingerprint density at radius 1 is 1.03 bits per heavy atom. The zero-order valence-corrected chi connectivity index (χ0v) is 16.7. The number of nitrogens with zero attached hydrogens (tertiary/aromatic N) is 1. The molecule has 7 nitrogen and oxygen atoms in total. The van der Waals surface area contributed by atoms with Crippen LogP contribution in [0.15, 0.2) is 47.4 Å². The second-order valence-electron chi connectivity index (χ2n) is 6.95. The number of halogens is 2. The smallest absolute Gasteiger partial charge is 0.322 e. The summed E-state index contributed by atoms with van der Waals surface area (Å²) in [6, 6.07) is 8.97. The lowest BCUT2D eigenvalue weighted by Crippen LogP contribution is -2.38. The SMILES string of the molecule is O=C(O)CNC(=O)c1ccc(S(=O)(=O)N2CCC(c3ccc(F)c(F)c3)CC2)cc1. The van der Waals surface area contributed by atoms with Crippen molar-refractivity contribution in [1.82, 2.24) is 9.62 Å². The van der Waals surface area contributed by atoms with Crippen LogP contribution in [0.3, 0.4) is 0 Å². The van der Waals surface area contributed by atoms with Crippen molar-refractivity contribution in [3.63, 3.8) is 0 Å². The van der Waals surface area contributed by atoms with E-state index in [1.807, 2.05) is 0 Å². The first-order chi connectivity index (χ1) is 14.2. The second kappa shape index (κ2) is 8.88. The molecule has 1 aliphatic rings. The molecule has 0 aromatic heterocycles. The summed E-state index contributed by atoms with van der Waals surface area (Å²) >= 11 is 0. The van der Waals surface area contributed by atoms with E-state index in [0.29, 0.717) is 18.4 Å². The molecule has 160 valence electrons. The zero-order valence-electron chi connectivity index (χ0n) is 15.8. The summed E-state index contributed by atoms with van der Waals surface area (Å²) in [6.07, 6.45) is 0.944. The summed E-state index contributed by atoms with van der Waals surface area (Å²) in [5, 5.41) is 10.8. The van der Waals surface area contributed by atoms with Crippen LogP contribution in [0.5, 0.6) is 0 Å². The predicted octanol–water partition coefficient (Wildman–Crippen LogP) is 2.35. The monoisotopic (exact) mass is 438 g/mol. The Labute approximate surface area is 172 Å². The van der Waals surface area contributed by atoms with Crippen LogP contribution < -0.4 is 5.32 Å². The maximum Gasteiger partial charge on any atom is 0.322 e. The number of carbonyl (C=O) groups is 2. The van der Waals surface area contributed by atoms with E-state index in [0.717, 1.165) is 12.1 Å². The van der Waals surface area contributed by atoms with Crippen LogP contribution in [-0.4, -0.2) is 49.3 Å². The molecule has 30 heavy (non-hydrogen) atoms. The molecular formula is C20H20F2N2O5S. The summed E-state index contributed by atoms with van der Waals surface area (Å²) in [5.41, 5.74) is 0.787. The molecule has 0 bridgehead atoms. The van der Waals surface area contributed by atoms with Gasteiger partial charge >= 0.3 is 5.97 Å². The van der Waals surface area contributed by atoms with Gasteiger partial charge in [-0.15, -0.1) is 0 Å². The van der Waals surface area contributed by atoms with Crippen LogP contribution in [0.4, 0.5) is 8.78 Å². The van der Waals surface area contributed by atoms with Crippen molar-refractivity contribution >= 4 is 21.9 Å². The van der Waals surface area contributed by atoms with Crippen molar-refractivity contribution in [2.75, 3.05) is 19.6 Å². The number of rotatable bonds is 6. The summed E-state index contributed by atoms with van der Waals surface area (Å²) in [7, 11) is -3.78. The van der Waals surface area contributed by atoms with Gasteiger partial charge in [0.2, 0.25) is 10.0 Å². The molecule has 1 heterocycles. The first-order valence-electron chi connectivity index (χ1n) is 9.23. The highest BCUT2D eigenvalue weighted by atomic mass is 32.2. The van der Waals surface area contributed by atoms with Crippen molar-refractivity contribution in [2.24, 2.45) is 0 Å². The highest BCUT2D eigenvalue weighted by Crippen LogP contribution is 2.31. The molecule has 1 amide bonds. The van der Waals surface area contributed by atoms with E-state index in [-0.39, 0.29) is 29.5 Å². The molecule has 0 spiro atoms. The highest BCUT2D eigenvalue weighted by Gasteiger charge is 2.30. The molecule has 2 aromatic carbocycles. The predicted molar refractivity (Wildman–Crippen MR) is 104 cm³/mol. The van der Waals surface area contributed by atoms with Crippen LogP contribution in [0, 0.1) is 11.6 Å². The van der Waals surface area contributed by atoms with E-state index in [2.05, 4.69) is 5.32 Å². The van der Waals surface area contributed by atoms with Gasteiger partial charge in [-0.1, -0.05) is 6.07 Å². The maximum absolute atomic E-state index is 13.5. The van der Waals surface area contributed by atoms with Gasteiger partial charge in [-0.05, 0) is 60.7 Å². The van der Waals surface area contributed by atoms with E-state index in [9.17, 15) is 26.8 Å². The number of carbonyl (C=O) groups excluding carboxylic acids is 1. The minimum Gasteiger partial charge on any atom is -0.480 e. The summed E-state index contributed by atoms with van der Waals surface area (Å²) < 4.78 is 53.6. The third-order valence-corrected chi connectivity index (χ3v) is 6.94. The third-order valence-electron chi connectivity index (χ3n) is 5.02. The number of aliphatic carboxylic acids is 1. The van der Waals surface area contributed by atoms with Crippen LogP contribution >= 0.6 is 0 Å². The highest BCUT2D eigenvalue weighted by molar-refractivity contribution is 7.89. The quantitative estimate of drug-likeness (QED) is 0.721. The Kier molecular flexibility index (Phi) is 6.47. The molecule has 2 N–H and O–H groups in total. The van der Waals surface area contributed by atoms with Crippen LogP contribution in [-0.2, 0) is 14.8 Å². The summed E-state index contributed by atoms with van der Waals surface area (Å²) in [5.74, 6) is -3.70. The number of nitrogens with one attached hydrogen (secondary N) is 1. The average molecular weight is 438 g/mol. The normalized spacial score (nSPS) is 15.7. The van der Waals surface area contributed by atoms with Crippen LogP contribution in [0.2, 0.25) is 0 Å². The molecule has 1 fully saturated rings. The topological polar surface area (TPSA) is 104 Å². The van der Waals surface area contributed by atoms with Crippen LogP contribution in [0.25, 0.3) is 0 Å². The van der Waals surface area contributed by atoms with Gasteiger partial charge in [0.25, 0.3) is 5.91 Å². The number of carboxylic acids is 1. The average Bonchev–Trinajstić information content (AvgIpc) is 2.74. The lowest BCUT2D eigenvalue weighted by atomic mass is 9.90. The van der Waals surface area contributed by atoms with Crippen molar-refractivity contribution in [2.45, 2.75) is 23.7 Å². The van der Waals surface area contributed by atoms with E-state index >= 15 is 0 Å². The van der Waals surface area contributed by atoms with E-state index in [4.69, 9.17) is 5.11 Å². The number of piperidine rings is 1. The summed E-state index contributed by atoms with van der Waals surface area (Å²) in [4.78, 5) is 22.4. The summed E-state index contributed by atoms with van der Waals surface area (Å²) in [6.45, 7) is -0.0779. The fourth-order valence-electron chi connectivity index (χ4n) is 3.38. The number of sulfonamides is 1. The number of amides is 1. The molecular weight excluding hydrogens is 418 g/mol. The maximum atomic E-state index is 13.5. The standard InChI is InChI=1S/C20H20F2N2O5S/c21-17-6-3-15(11-18(17)22)13-7-9-24(10-8-13)30(28,29)16-4-1-14(2-5-16)20(27)23-12-19(25)26/h1-6,11,13H,7-10,12H2,(H,23,27)(H,25,26). The number of hydrogen-bond acceptors (Lipinski definition) is 4. The molecule has 10 heteroatoms. The Bertz CT molecular complexity index is 1050. The molecule has 3 rings (SSSR count). The molecule has 1 aliphatic heterocycles. The van der Waals surface area contributed by atoms with E-state index in [1.165, 1.54) is 34.6 Å². The van der Waals surface area contributed by atoms with Gasteiger partial charge in [0, 0.05) is 18.7 Å². The number of carboxylic acid groups (broad SMARTS) is 1. The molecule has 0 saturated carbocycles. The first kappa shape index (κ1) is 21.8. The van der Waals surface area contributed by atoms with E-state index in [1.54, 1.807) is 0 Å². The van der Waals surface area contributed by atoms with Crippen molar-refractivity contribution in [1.29, 1.82) is 0 Å². The van der Waals surface area contributed by atoms with Gasteiger partial charge in [-0.2, -0.15) is 4.31 Å². The van der Waals surface area contributed by atoms with Gasteiger partial charge < -0.3 is 10.4 Å². The molecule has 0 aliphatic carbocycles. The molecule has 0 atom stereocenters. The molecule has 1 saturated heterocycles. The fraction of sp³-hybridized carbons (Fsp3) is 0.300. The van der Waals surface area contributed by atoms with Gasteiger partial charge in [-0.25, -0.2) is 17.2 Å². The first-order valence-corrected chi connectivity index (χ1v) is 10.7. The van der Waals surface area contributed by atoms with Gasteiger partial charge in [0.15, 0.2) is 11.6 Å². The second-order valence-corrected chi connectivity index (χ2v) is 8.89. The Morgan fingerprint density at radius 2 is 1.67 bits per heavy atom. The fourth-order valence-corrected chi connectivity index (χ4v) is 4.85. The van der Waals surface area contributed by atoms with E-state index < -0.39 is 40.1 Å². The number of benzene rings is 2. The van der Waals surface area contributed by atoms with Crippen molar-refractivity contribution < 1.29 is 31.9 Å². The Hall–Kier alpha value is -2.85. The lowest BCUT2D eigenvalue weighted by molar-refractivity contribution is -0.135.